The molecule has 0 fully saturated rings. The molecule has 0 saturated carbocycles. The molecule has 0 aliphatic carbocycles. The van der Waals surface area contributed by atoms with Crippen LogP contribution in [0.3, 0.4) is 0 Å². The number of hydrogen-bond acceptors (Lipinski definition) is 3. The number of rotatable bonds is 5. The standard InChI is InChI=1S/C4H8ClO4P/c1-2-8-10(6,7)9-4-3-5/h2H,1,3-4H2,(H,6,7). The predicted octanol–water partition coefficient (Wildman–Crippen LogP) is 1.50. The summed E-state index contributed by atoms with van der Waals surface area (Å²) in [4.78, 5) is 8.63. The van der Waals surface area contributed by atoms with E-state index in [1.165, 1.54) is 0 Å². The van der Waals surface area contributed by atoms with Crippen LogP contribution < -0.4 is 0 Å². The minimum Gasteiger partial charge on any atom is -0.413 e. The van der Waals surface area contributed by atoms with E-state index in [1.807, 2.05) is 0 Å². The summed E-state index contributed by atoms with van der Waals surface area (Å²) in [5, 5.41) is 0. The Hall–Kier alpha value is -0.0200. The molecule has 0 aliphatic rings. The van der Waals surface area contributed by atoms with Crippen molar-refractivity contribution >= 4 is 19.4 Å². The van der Waals surface area contributed by atoms with Crippen molar-refractivity contribution in [1.29, 1.82) is 0 Å². The number of alkyl halides is 1. The molecule has 1 atom stereocenters. The van der Waals surface area contributed by atoms with Gasteiger partial charge in [-0.25, -0.2) is 4.57 Å². The van der Waals surface area contributed by atoms with Gasteiger partial charge in [-0.1, -0.05) is 6.58 Å². The Kier molecular flexibility index (Phi) is 4.73. The molecule has 0 aromatic rings. The highest BCUT2D eigenvalue weighted by molar-refractivity contribution is 7.47. The Balaban J connectivity index is 3.63. The fourth-order valence-electron chi connectivity index (χ4n) is 0.274. The zero-order valence-corrected chi connectivity index (χ0v) is 6.85. The van der Waals surface area contributed by atoms with Crippen molar-refractivity contribution in [2.75, 3.05) is 12.5 Å². The Morgan fingerprint density at radius 1 is 1.80 bits per heavy atom. The first-order valence-electron chi connectivity index (χ1n) is 2.45. The molecule has 1 N–H and O–H groups in total. The molecule has 0 amide bonds. The quantitative estimate of drug-likeness (QED) is 0.402. The molecule has 0 aromatic carbocycles. The van der Waals surface area contributed by atoms with Gasteiger partial charge in [0.2, 0.25) is 0 Å². The second kappa shape index (κ2) is 4.74. The van der Waals surface area contributed by atoms with Crippen LogP contribution in [0.2, 0.25) is 0 Å². The topological polar surface area (TPSA) is 55.8 Å². The summed E-state index contributed by atoms with van der Waals surface area (Å²) >= 11 is 5.17. The van der Waals surface area contributed by atoms with Gasteiger partial charge in [-0.3, -0.25) is 9.42 Å². The predicted molar refractivity (Wildman–Crippen MR) is 37.8 cm³/mol. The van der Waals surface area contributed by atoms with Crippen LogP contribution in [0, 0.1) is 0 Å². The van der Waals surface area contributed by atoms with Gasteiger partial charge in [-0.15, -0.1) is 11.6 Å². The summed E-state index contributed by atoms with van der Waals surface area (Å²) < 4.78 is 19.0. The molecule has 0 saturated heterocycles. The Morgan fingerprint density at radius 2 is 2.40 bits per heavy atom. The lowest BCUT2D eigenvalue weighted by molar-refractivity contribution is 0.197. The van der Waals surface area contributed by atoms with Gasteiger partial charge in [-0.05, 0) is 0 Å². The first-order valence-corrected chi connectivity index (χ1v) is 4.48. The third-order valence-electron chi connectivity index (χ3n) is 0.539. The van der Waals surface area contributed by atoms with E-state index in [0.29, 0.717) is 0 Å². The lowest BCUT2D eigenvalue weighted by Crippen LogP contribution is -1.93. The van der Waals surface area contributed by atoms with Gasteiger partial charge >= 0.3 is 7.82 Å². The highest BCUT2D eigenvalue weighted by atomic mass is 35.5. The molecule has 10 heavy (non-hydrogen) atoms. The average molecular weight is 187 g/mol. The molecule has 6 heteroatoms. The Morgan fingerprint density at radius 3 is 2.80 bits per heavy atom. The maximum absolute atomic E-state index is 10.6. The Labute approximate surface area is 64.0 Å². The first kappa shape index (κ1) is 9.98. The van der Waals surface area contributed by atoms with Gasteiger partial charge in [0.25, 0.3) is 0 Å². The summed E-state index contributed by atoms with van der Waals surface area (Å²) in [6.07, 6.45) is 0.842. The molecule has 0 aliphatic heterocycles. The van der Waals surface area contributed by atoms with Crippen LogP contribution in [-0.2, 0) is 13.6 Å². The van der Waals surface area contributed by atoms with Gasteiger partial charge in [0, 0.05) is 5.88 Å². The molecule has 0 aromatic heterocycles. The SMILES string of the molecule is C=COP(=O)(O)OCCCl. The van der Waals surface area contributed by atoms with Gasteiger partial charge in [0.15, 0.2) is 0 Å². The largest absolute Gasteiger partial charge is 0.526 e. The molecular weight excluding hydrogens is 178 g/mol. The van der Waals surface area contributed by atoms with E-state index in [9.17, 15) is 4.57 Å². The first-order chi connectivity index (χ1) is 4.62. The zero-order valence-electron chi connectivity index (χ0n) is 5.20. The van der Waals surface area contributed by atoms with Crippen LogP contribution in [0.5, 0.6) is 0 Å². The highest BCUT2D eigenvalue weighted by Crippen LogP contribution is 2.42. The second-order valence-corrected chi connectivity index (χ2v) is 3.05. The number of phosphoric acid groups is 1. The molecule has 0 spiro atoms. The highest BCUT2D eigenvalue weighted by Gasteiger charge is 2.18. The molecule has 4 nitrogen and oxygen atoms in total. The van der Waals surface area contributed by atoms with Crippen molar-refractivity contribution in [2.24, 2.45) is 0 Å². The summed E-state index contributed by atoms with van der Waals surface area (Å²) in [6.45, 7) is 3.06. The minimum absolute atomic E-state index is 0.0246. The average Bonchev–Trinajstić information content (AvgIpc) is 1.84. The monoisotopic (exact) mass is 186 g/mol. The van der Waals surface area contributed by atoms with Crippen molar-refractivity contribution in [1.82, 2.24) is 0 Å². The van der Waals surface area contributed by atoms with E-state index in [0.717, 1.165) is 6.26 Å². The maximum atomic E-state index is 10.6. The normalized spacial score (nSPS) is 15.8. The Bertz CT molecular complexity index is 148. The lowest BCUT2D eigenvalue weighted by atomic mass is 10.9. The fourth-order valence-corrected chi connectivity index (χ4v) is 1.03. The smallest absolute Gasteiger partial charge is 0.413 e. The van der Waals surface area contributed by atoms with Crippen LogP contribution in [-0.4, -0.2) is 17.4 Å². The summed E-state index contributed by atoms with van der Waals surface area (Å²) in [5.41, 5.74) is 0. The molecule has 0 bridgehead atoms. The number of phosphoric ester groups is 1. The van der Waals surface area contributed by atoms with Gasteiger partial charge in [0.05, 0.1) is 12.9 Å². The van der Waals surface area contributed by atoms with Crippen LogP contribution in [0.4, 0.5) is 0 Å². The molecule has 0 heterocycles. The molecular formula is C4H8ClO4P. The summed E-state index contributed by atoms with van der Waals surface area (Å²) in [5.74, 6) is 0.144. The molecule has 0 rings (SSSR count). The van der Waals surface area contributed by atoms with Crippen LogP contribution in [0.15, 0.2) is 12.8 Å². The van der Waals surface area contributed by atoms with Gasteiger partial charge in [0.1, 0.15) is 0 Å². The van der Waals surface area contributed by atoms with Crippen LogP contribution in [0.25, 0.3) is 0 Å². The lowest BCUT2D eigenvalue weighted by Gasteiger charge is -2.07. The van der Waals surface area contributed by atoms with E-state index in [-0.39, 0.29) is 12.5 Å². The molecule has 60 valence electrons. The van der Waals surface area contributed by atoms with Crippen LogP contribution in [0.1, 0.15) is 0 Å². The van der Waals surface area contributed by atoms with Crippen molar-refractivity contribution in [2.45, 2.75) is 0 Å². The van der Waals surface area contributed by atoms with E-state index in [2.05, 4.69) is 15.6 Å². The van der Waals surface area contributed by atoms with Crippen molar-refractivity contribution < 1.29 is 18.5 Å². The third-order valence-corrected chi connectivity index (χ3v) is 1.62. The van der Waals surface area contributed by atoms with E-state index >= 15 is 0 Å². The molecule has 1 unspecified atom stereocenters. The van der Waals surface area contributed by atoms with E-state index in [4.69, 9.17) is 16.5 Å². The van der Waals surface area contributed by atoms with E-state index in [1.54, 1.807) is 0 Å². The number of hydrogen-bond donors (Lipinski definition) is 1. The van der Waals surface area contributed by atoms with Gasteiger partial charge < -0.3 is 4.52 Å². The van der Waals surface area contributed by atoms with Crippen LogP contribution >= 0.6 is 19.4 Å². The van der Waals surface area contributed by atoms with Crippen molar-refractivity contribution in [3.05, 3.63) is 12.8 Å². The number of halogens is 1. The van der Waals surface area contributed by atoms with Crippen molar-refractivity contribution in [3.63, 3.8) is 0 Å². The summed E-state index contributed by atoms with van der Waals surface area (Å²) in [7, 11) is -3.91. The third kappa shape index (κ3) is 4.82. The minimum atomic E-state index is -3.91. The summed E-state index contributed by atoms with van der Waals surface area (Å²) in [6, 6.07) is 0. The molecule has 0 radical (unpaired) electrons. The van der Waals surface area contributed by atoms with Gasteiger partial charge in [-0.2, -0.15) is 0 Å². The maximum Gasteiger partial charge on any atom is 0.526 e. The fraction of sp³-hybridized carbons (Fsp3) is 0.500. The van der Waals surface area contributed by atoms with Crippen molar-refractivity contribution in [3.8, 4) is 0 Å². The zero-order chi connectivity index (χ0) is 8.04. The van der Waals surface area contributed by atoms with E-state index < -0.39 is 7.82 Å². The second-order valence-electron chi connectivity index (χ2n) is 1.26.